The molecular weight excluding hydrogens is 312 g/mol. The number of amides is 1. The number of hydrogen-bond acceptors (Lipinski definition) is 3. The van der Waals surface area contributed by atoms with Crippen molar-refractivity contribution in [2.24, 2.45) is 0 Å². The van der Waals surface area contributed by atoms with Crippen LogP contribution in [0.15, 0.2) is 24.3 Å². The Morgan fingerprint density at radius 2 is 1.64 bits per heavy atom. The van der Waals surface area contributed by atoms with E-state index >= 15 is 0 Å². The van der Waals surface area contributed by atoms with Crippen molar-refractivity contribution in [1.82, 2.24) is 4.90 Å². The van der Waals surface area contributed by atoms with E-state index in [1.807, 2.05) is 32.9 Å². The van der Waals surface area contributed by atoms with E-state index in [-0.39, 0.29) is 0 Å². The molecule has 0 aromatic heterocycles. The maximum Gasteiger partial charge on any atom is 0.412 e. The van der Waals surface area contributed by atoms with Crippen LogP contribution in [0.25, 0.3) is 0 Å². The minimum Gasteiger partial charge on any atom is -0.444 e. The first-order chi connectivity index (χ1) is 11.9. The summed E-state index contributed by atoms with van der Waals surface area (Å²) in [5.74, 6) is 0.662. The minimum atomic E-state index is -0.474. The maximum atomic E-state index is 11.8. The zero-order valence-electron chi connectivity index (χ0n) is 15.9. The first-order valence-electron chi connectivity index (χ1n) is 9.75. The number of nitrogens with zero attached hydrogens (tertiary/aromatic N) is 1. The normalized spacial score (nSPS) is 24.9. The van der Waals surface area contributed by atoms with Gasteiger partial charge < -0.3 is 9.64 Å². The fraction of sp³-hybridized carbons (Fsp3) is 0.667. The summed E-state index contributed by atoms with van der Waals surface area (Å²) >= 11 is 0. The van der Waals surface area contributed by atoms with Gasteiger partial charge in [-0.3, -0.25) is 5.32 Å². The van der Waals surface area contributed by atoms with E-state index in [0.717, 1.165) is 11.7 Å². The highest BCUT2D eigenvalue weighted by atomic mass is 16.6. The zero-order valence-corrected chi connectivity index (χ0v) is 15.9. The second-order valence-corrected chi connectivity index (χ2v) is 8.50. The summed E-state index contributed by atoms with van der Waals surface area (Å²) in [5, 5.41) is 2.80. The van der Waals surface area contributed by atoms with Gasteiger partial charge >= 0.3 is 6.09 Å². The van der Waals surface area contributed by atoms with Gasteiger partial charge in [0.15, 0.2) is 0 Å². The molecule has 0 radical (unpaired) electrons. The lowest BCUT2D eigenvalue weighted by atomic mass is 9.81. The molecule has 1 aromatic carbocycles. The zero-order chi connectivity index (χ0) is 17.9. The number of nitrogens with one attached hydrogen (secondary N) is 1. The lowest BCUT2D eigenvalue weighted by molar-refractivity contribution is 0.0636. The third-order valence-electron chi connectivity index (χ3n) is 5.38. The van der Waals surface area contributed by atoms with E-state index in [9.17, 15) is 4.79 Å². The van der Waals surface area contributed by atoms with Gasteiger partial charge in [0.1, 0.15) is 5.60 Å². The smallest absolute Gasteiger partial charge is 0.412 e. The van der Waals surface area contributed by atoms with Crippen LogP contribution < -0.4 is 5.32 Å². The van der Waals surface area contributed by atoms with Crippen LogP contribution in [0.1, 0.15) is 70.8 Å². The molecule has 4 nitrogen and oxygen atoms in total. The van der Waals surface area contributed by atoms with Gasteiger partial charge in [-0.05, 0) is 96.0 Å². The average Bonchev–Trinajstić information content (AvgIpc) is 3.08. The van der Waals surface area contributed by atoms with Crippen LogP contribution in [-0.4, -0.2) is 35.7 Å². The fourth-order valence-corrected chi connectivity index (χ4v) is 4.14. The van der Waals surface area contributed by atoms with Crippen molar-refractivity contribution in [2.45, 2.75) is 76.9 Å². The number of carbonyl (C=O) groups is 1. The Bertz CT molecular complexity index is 563. The van der Waals surface area contributed by atoms with Crippen molar-refractivity contribution in [2.75, 3.05) is 18.4 Å². The molecule has 1 N–H and O–H groups in total. The molecule has 138 valence electrons. The first kappa shape index (κ1) is 18.2. The van der Waals surface area contributed by atoms with E-state index in [2.05, 4.69) is 22.3 Å². The summed E-state index contributed by atoms with van der Waals surface area (Å²) in [6.45, 7) is 8.22. The van der Waals surface area contributed by atoms with E-state index in [4.69, 9.17) is 4.74 Å². The van der Waals surface area contributed by atoms with Crippen molar-refractivity contribution in [3.05, 3.63) is 29.8 Å². The van der Waals surface area contributed by atoms with Crippen LogP contribution in [-0.2, 0) is 4.74 Å². The van der Waals surface area contributed by atoms with Crippen LogP contribution in [0, 0.1) is 0 Å². The van der Waals surface area contributed by atoms with Gasteiger partial charge in [0, 0.05) is 11.7 Å². The number of anilines is 1. The molecule has 1 saturated heterocycles. The SMILES string of the molecule is CC(C)(C)OC(=O)Nc1ccc(C2CCC(N3CCCC3)CC2)cc1. The van der Waals surface area contributed by atoms with Gasteiger partial charge in [-0.2, -0.15) is 0 Å². The molecule has 3 rings (SSSR count). The second-order valence-electron chi connectivity index (χ2n) is 8.50. The number of likely N-dealkylation sites (tertiary alicyclic amines) is 1. The molecular formula is C21H32N2O2. The van der Waals surface area contributed by atoms with Crippen LogP contribution in [0.4, 0.5) is 10.5 Å². The molecule has 4 heteroatoms. The maximum absolute atomic E-state index is 11.8. The predicted octanol–water partition coefficient (Wildman–Crippen LogP) is 5.16. The van der Waals surface area contributed by atoms with Crippen LogP contribution in [0.3, 0.4) is 0 Å². The largest absolute Gasteiger partial charge is 0.444 e. The highest BCUT2D eigenvalue weighted by molar-refractivity contribution is 5.84. The number of rotatable bonds is 3. The predicted molar refractivity (Wildman–Crippen MR) is 102 cm³/mol. The molecule has 1 aliphatic heterocycles. The third-order valence-corrected chi connectivity index (χ3v) is 5.38. The quantitative estimate of drug-likeness (QED) is 0.824. The highest BCUT2D eigenvalue weighted by Gasteiger charge is 2.28. The molecule has 0 unspecified atom stereocenters. The molecule has 0 bridgehead atoms. The Kier molecular flexibility index (Phi) is 5.67. The number of hydrogen-bond donors (Lipinski definition) is 1. The Hall–Kier alpha value is -1.55. The van der Waals surface area contributed by atoms with Crippen molar-refractivity contribution in [1.29, 1.82) is 0 Å². The fourth-order valence-electron chi connectivity index (χ4n) is 4.14. The number of carbonyl (C=O) groups excluding carboxylic acids is 1. The summed E-state index contributed by atoms with van der Waals surface area (Å²) in [4.78, 5) is 14.5. The topological polar surface area (TPSA) is 41.6 Å². The Balaban J connectivity index is 1.50. The number of ether oxygens (including phenoxy) is 1. The molecule has 1 amide bonds. The molecule has 1 saturated carbocycles. The van der Waals surface area contributed by atoms with Gasteiger partial charge in [-0.15, -0.1) is 0 Å². The van der Waals surface area contributed by atoms with Gasteiger partial charge in [0.05, 0.1) is 0 Å². The van der Waals surface area contributed by atoms with Crippen molar-refractivity contribution in [3.8, 4) is 0 Å². The summed E-state index contributed by atoms with van der Waals surface area (Å²) in [5.41, 5.74) is 1.72. The Labute approximate surface area is 151 Å². The molecule has 25 heavy (non-hydrogen) atoms. The standard InChI is InChI=1S/C21H32N2O2/c1-21(2,3)25-20(24)22-18-10-6-16(7-11-18)17-8-12-19(13-9-17)23-14-4-5-15-23/h6-7,10-11,17,19H,4-5,8-9,12-15H2,1-3H3,(H,22,24). The average molecular weight is 344 g/mol. The summed E-state index contributed by atoms with van der Waals surface area (Å²) in [7, 11) is 0. The lowest BCUT2D eigenvalue weighted by Crippen LogP contribution is -2.35. The van der Waals surface area contributed by atoms with Crippen molar-refractivity contribution >= 4 is 11.8 Å². The van der Waals surface area contributed by atoms with Crippen molar-refractivity contribution in [3.63, 3.8) is 0 Å². The van der Waals surface area contributed by atoms with Gasteiger partial charge in [0.2, 0.25) is 0 Å². The highest BCUT2D eigenvalue weighted by Crippen LogP contribution is 2.36. The van der Waals surface area contributed by atoms with Gasteiger partial charge in [-0.1, -0.05) is 12.1 Å². The third kappa shape index (κ3) is 5.21. The molecule has 2 aliphatic rings. The van der Waals surface area contributed by atoms with Gasteiger partial charge in [0.25, 0.3) is 0 Å². The summed E-state index contributed by atoms with van der Waals surface area (Å²) < 4.78 is 5.29. The van der Waals surface area contributed by atoms with Crippen LogP contribution in [0.2, 0.25) is 0 Å². The molecule has 1 aromatic rings. The Morgan fingerprint density at radius 3 is 2.20 bits per heavy atom. The first-order valence-corrected chi connectivity index (χ1v) is 9.75. The summed E-state index contributed by atoms with van der Waals surface area (Å²) in [6, 6.07) is 9.12. The minimum absolute atomic E-state index is 0.397. The molecule has 2 fully saturated rings. The van der Waals surface area contributed by atoms with Crippen LogP contribution in [0.5, 0.6) is 0 Å². The van der Waals surface area contributed by atoms with Crippen molar-refractivity contribution < 1.29 is 9.53 Å². The molecule has 0 atom stereocenters. The Morgan fingerprint density at radius 1 is 1.04 bits per heavy atom. The second kappa shape index (κ2) is 7.77. The number of benzene rings is 1. The molecule has 1 heterocycles. The van der Waals surface area contributed by atoms with Gasteiger partial charge in [-0.25, -0.2) is 4.79 Å². The molecule has 1 aliphatic carbocycles. The van der Waals surface area contributed by atoms with E-state index < -0.39 is 11.7 Å². The summed E-state index contributed by atoms with van der Waals surface area (Å²) in [6.07, 6.45) is 7.56. The monoisotopic (exact) mass is 344 g/mol. The molecule has 0 spiro atoms. The van der Waals surface area contributed by atoms with Crippen LogP contribution >= 0.6 is 0 Å². The van der Waals surface area contributed by atoms with E-state index in [0.29, 0.717) is 5.92 Å². The van der Waals surface area contributed by atoms with E-state index in [1.165, 1.54) is 57.2 Å². The van der Waals surface area contributed by atoms with E-state index in [1.54, 1.807) is 0 Å². The lowest BCUT2D eigenvalue weighted by Gasteiger charge is -2.34.